The Balaban J connectivity index is 1.89. The Morgan fingerprint density at radius 1 is 1.38 bits per heavy atom. The van der Waals surface area contributed by atoms with Crippen molar-refractivity contribution in [2.24, 2.45) is 0 Å². The molecule has 2 aromatic rings. The molecule has 2 N–H and O–H groups in total. The van der Waals surface area contributed by atoms with Crippen LogP contribution in [0, 0.1) is 0 Å². The molecule has 2 heterocycles. The third-order valence-electron chi connectivity index (χ3n) is 2.40. The molecule has 1 amide bonds. The monoisotopic (exact) mass is 307 g/mol. The van der Waals surface area contributed by atoms with Gasteiger partial charge in [-0.05, 0) is 6.07 Å². The van der Waals surface area contributed by atoms with Gasteiger partial charge in [-0.25, -0.2) is 15.0 Å². The van der Waals surface area contributed by atoms with Crippen LogP contribution in [-0.2, 0) is 16.0 Å². The van der Waals surface area contributed by atoms with Crippen LogP contribution in [0.4, 0.5) is 11.1 Å². The predicted molar refractivity (Wildman–Crippen MR) is 77.4 cm³/mol. The quantitative estimate of drug-likeness (QED) is 0.806. The Morgan fingerprint density at radius 3 is 2.76 bits per heavy atom. The van der Waals surface area contributed by atoms with Crippen LogP contribution in [0.15, 0.2) is 23.8 Å². The zero-order chi connectivity index (χ0) is 15.2. The molecule has 8 nitrogen and oxygen atoms in total. The molecular weight excluding hydrogens is 294 g/mol. The number of likely N-dealkylation sites (N-methyl/N-ethyl adjacent to an activating group) is 1. The molecule has 0 fully saturated rings. The Labute approximate surface area is 124 Å². The highest BCUT2D eigenvalue weighted by molar-refractivity contribution is 7.13. The second-order valence-electron chi connectivity index (χ2n) is 4.17. The average Bonchev–Trinajstić information content (AvgIpc) is 2.85. The molecule has 2 aromatic heterocycles. The summed E-state index contributed by atoms with van der Waals surface area (Å²) in [5, 5.41) is 13.3. The number of nitrogens with zero attached hydrogens (tertiary/aromatic N) is 4. The third-order valence-corrected chi connectivity index (χ3v) is 3.21. The molecule has 2 rings (SSSR count). The number of carbonyl (C=O) groups excluding carboxylic acids is 1. The summed E-state index contributed by atoms with van der Waals surface area (Å²) >= 11 is 1.19. The molecule has 9 heteroatoms. The first kappa shape index (κ1) is 14.9. The van der Waals surface area contributed by atoms with E-state index in [0.29, 0.717) is 16.8 Å². The highest BCUT2D eigenvalue weighted by atomic mass is 32.1. The van der Waals surface area contributed by atoms with Crippen molar-refractivity contribution >= 4 is 34.3 Å². The Bertz CT molecular complexity index is 631. The minimum Gasteiger partial charge on any atom is -0.481 e. The van der Waals surface area contributed by atoms with Crippen molar-refractivity contribution in [2.75, 3.05) is 23.8 Å². The predicted octanol–water partition coefficient (Wildman–Crippen LogP) is 0.635. The maximum Gasteiger partial charge on any atom is 0.309 e. The number of carboxylic acid groups (broad SMARTS) is 1. The number of aromatic nitrogens is 3. The Kier molecular flexibility index (Phi) is 4.77. The van der Waals surface area contributed by atoms with Gasteiger partial charge in [-0.15, -0.1) is 11.3 Å². The fourth-order valence-corrected chi connectivity index (χ4v) is 2.26. The second-order valence-corrected chi connectivity index (χ2v) is 5.03. The number of carboxylic acids is 1. The number of aliphatic carboxylic acids is 1. The minimum absolute atomic E-state index is 0.0673. The van der Waals surface area contributed by atoms with E-state index in [1.165, 1.54) is 11.3 Å². The van der Waals surface area contributed by atoms with Gasteiger partial charge in [0.1, 0.15) is 0 Å². The largest absolute Gasteiger partial charge is 0.481 e. The fraction of sp³-hybridized carbons (Fsp3) is 0.250. The topological polar surface area (TPSA) is 108 Å². The molecule has 0 aliphatic heterocycles. The van der Waals surface area contributed by atoms with Crippen molar-refractivity contribution < 1.29 is 14.7 Å². The van der Waals surface area contributed by atoms with Gasteiger partial charge in [-0.3, -0.25) is 9.59 Å². The molecule has 21 heavy (non-hydrogen) atoms. The first-order valence-electron chi connectivity index (χ1n) is 5.99. The lowest BCUT2D eigenvalue weighted by molar-refractivity contribution is -0.136. The number of thiazole rings is 1. The van der Waals surface area contributed by atoms with Gasteiger partial charge >= 0.3 is 5.97 Å². The van der Waals surface area contributed by atoms with E-state index in [1.807, 2.05) is 0 Å². The standard InChI is InChI=1S/C12H13N5O3S/c1-17(11-13-3-2-4-14-11)6-9(18)16-12-15-8(7-21-12)5-10(19)20/h2-4,7H,5-6H2,1H3,(H,19,20)(H,15,16,18). The van der Waals surface area contributed by atoms with Crippen LogP contribution in [-0.4, -0.2) is 45.5 Å². The van der Waals surface area contributed by atoms with Gasteiger partial charge in [0.15, 0.2) is 5.13 Å². The van der Waals surface area contributed by atoms with Gasteiger partial charge in [0, 0.05) is 24.8 Å². The number of amides is 1. The SMILES string of the molecule is CN(CC(=O)Nc1nc(CC(=O)O)cs1)c1ncccn1. The zero-order valence-corrected chi connectivity index (χ0v) is 12.0. The normalized spacial score (nSPS) is 10.1. The van der Waals surface area contributed by atoms with Gasteiger partial charge in [0.25, 0.3) is 0 Å². The number of hydrogen-bond donors (Lipinski definition) is 2. The lowest BCUT2D eigenvalue weighted by Gasteiger charge is -2.15. The molecular formula is C12H13N5O3S. The maximum atomic E-state index is 11.9. The maximum absolute atomic E-state index is 11.9. The number of anilines is 2. The number of hydrogen-bond acceptors (Lipinski definition) is 7. The summed E-state index contributed by atoms with van der Waals surface area (Å²) in [5.41, 5.74) is 0.419. The molecule has 110 valence electrons. The number of carbonyl (C=O) groups is 2. The lowest BCUT2D eigenvalue weighted by Crippen LogP contribution is -2.31. The van der Waals surface area contributed by atoms with Crippen LogP contribution >= 0.6 is 11.3 Å². The molecule has 0 aliphatic carbocycles. The summed E-state index contributed by atoms with van der Waals surface area (Å²) in [6, 6.07) is 1.69. The molecule has 0 aromatic carbocycles. The van der Waals surface area contributed by atoms with E-state index in [1.54, 1.807) is 35.8 Å². The van der Waals surface area contributed by atoms with Crippen molar-refractivity contribution in [3.63, 3.8) is 0 Å². The summed E-state index contributed by atoms with van der Waals surface area (Å²) in [7, 11) is 1.70. The highest BCUT2D eigenvalue weighted by Gasteiger charge is 2.12. The molecule has 0 unspecified atom stereocenters. The van der Waals surface area contributed by atoms with Gasteiger partial charge in [-0.2, -0.15) is 0 Å². The van der Waals surface area contributed by atoms with Crippen LogP contribution in [0.5, 0.6) is 0 Å². The smallest absolute Gasteiger partial charge is 0.309 e. The summed E-state index contributed by atoms with van der Waals surface area (Å²) < 4.78 is 0. The summed E-state index contributed by atoms with van der Waals surface area (Å²) in [4.78, 5) is 36.1. The molecule has 0 saturated heterocycles. The van der Waals surface area contributed by atoms with Crippen molar-refractivity contribution in [3.8, 4) is 0 Å². The second kappa shape index (κ2) is 6.75. The molecule has 0 saturated carbocycles. The van der Waals surface area contributed by atoms with Crippen LogP contribution in [0.25, 0.3) is 0 Å². The minimum atomic E-state index is -0.959. The van der Waals surface area contributed by atoms with Crippen LogP contribution in [0.3, 0.4) is 0 Å². The van der Waals surface area contributed by atoms with Crippen LogP contribution in [0.1, 0.15) is 5.69 Å². The average molecular weight is 307 g/mol. The molecule has 0 spiro atoms. The van der Waals surface area contributed by atoms with E-state index >= 15 is 0 Å². The molecule has 0 bridgehead atoms. The summed E-state index contributed by atoms with van der Waals surface area (Å²) in [6.45, 7) is 0.0673. The molecule has 0 aliphatic rings. The number of nitrogens with one attached hydrogen (secondary N) is 1. The Morgan fingerprint density at radius 2 is 2.10 bits per heavy atom. The van der Waals surface area contributed by atoms with E-state index in [4.69, 9.17) is 5.11 Å². The zero-order valence-electron chi connectivity index (χ0n) is 11.2. The fourth-order valence-electron chi connectivity index (χ4n) is 1.53. The summed E-state index contributed by atoms with van der Waals surface area (Å²) in [6.07, 6.45) is 3.02. The number of rotatable bonds is 6. The summed E-state index contributed by atoms with van der Waals surface area (Å²) in [5.74, 6) is -0.793. The first-order valence-corrected chi connectivity index (χ1v) is 6.87. The third kappa shape index (κ3) is 4.49. The van der Waals surface area contributed by atoms with E-state index in [9.17, 15) is 9.59 Å². The van der Waals surface area contributed by atoms with Crippen molar-refractivity contribution in [1.82, 2.24) is 15.0 Å². The molecule has 0 atom stereocenters. The van der Waals surface area contributed by atoms with Gasteiger partial charge in [0.2, 0.25) is 11.9 Å². The lowest BCUT2D eigenvalue weighted by atomic mass is 10.3. The van der Waals surface area contributed by atoms with Gasteiger partial charge in [-0.1, -0.05) is 0 Å². The van der Waals surface area contributed by atoms with E-state index in [0.717, 1.165) is 0 Å². The Hall–Kier alpha value is -2.55. The van der Waals surface area contributed by atoms with E-state index < -0.39 is 5.97 Å². The van der Waals surface area contributed by atoms with Crippen molar-refractivity contribution in [1.29, 1.82) is 0 Å². The van der Waals surface area contributed by atoms with Gasteiger partial charge in [0.05, 0.1) is 18.7 Å². The van der Waals surface area contributed by atoms with Crippen molar-refractivity contribution in [2.45, 2.75) is 6.42 Å². The van der Waals surface area contributed by atoms with E-state index in [-0.39, 0.29) is 18.9 Å². The first-order chi connectivity index (χ1) is 10.0. The molecule has 0 radical (unpaired) electrons. The highest BCUT2D eigenvalue weighted by Crippen LogP contribution is 2.15. The van der Waals surface area contributed by atoms with Gasteiger partial charge < -0.3 is 15.3 Å². The van der Waals surface area contributed by atoms with Crippen molar-refractivity contribution in [3.05, 3.63) is 29.5 Å². The van der Waals surface area contributed by atoms with Crippen LogP contribution in [0.2, 0.25) is 0 Å². The van der Waals surface area contributed by atoms with E-state index in [2.05, 4.69) is 20.3 Å². The van der Waals surface area contributed by atoms with Crippen LogP contribution < -0.4 is 10.2 Å².